The van der Waals surface area contributed by atoms with E-state index in [0.717, 1.165) is 6.42 Å². The summed E-state index contributed by atoms with van der Waals surface area (Å²) < 4.78 is 0. The van der Waals surface area contributed by atoms with Gasteiger partial charge in [-0.1, -0.05) is 32.8 Å². The second-order valence-corrected chi connectivity index (χ2v) is 3.93. The lowest BCUT2D eigenvalue weighted by Crippen LogP contribution is -2.15. The first-order valence-electron chi connectivity index (χ1n) is 4.75. The zero-order valence-corrected chi connectivity index (χ0v) is 8.01. The Kier molecular flexibility index (Phi) is 2.96. The predicted molar refractivity (Wildman–Crippen MR) is 52.1 cm³/mol. The number of unbranched alkanes of at least 4 members (excludes halogenated alkanes) is 1. The molecule has 0 aromatic carbocycles. The van der Waals surface area contributed by atoms with Crippen molar-refractivity contribution in [2.45, 2.75) is 39.5 Å². The molecule has 0 saturated heterocycles. The van der Waals surface area contributed by atoms with Gasteiger partial charge in [0.1, 0.15) is 5.76 Å². The maximum absolute atomic E-state index is 9.32. The highest BCUT2D eigenvalue weighted by molar-refractivity contribution is 5.20. The van der Waals surface area contributed by atoms with Crippen LogP contribution in [0.15, 0.2) is 24.0 Å². The molecule has 1 aliphatic rings. The van der Waals surface area contributed by atoms with E-state index in [2.05, 4.69) is 19.9 Å². The zero-order valence-electron chi connectivity index (χ0n) is 8.01. The van der Waals surface area contributed by atoms with E-state index in [1.807, 2.05) is 6.08 Å². The fraction of sp³-hybridized carbons (Fsp3) is 0.636. The van der Waals surface area contributed by atoms with Gasteiger partial charge in [0.05, 0.1) is 0 Å². The number of aliphatic hydroxyl groups is 1. The van der Waals surface area contributed by atoms with Crippen LogP contribution in [0.25, 0.3) is 0 Å². The molecule has 1 rings (SSSR count). The van der Waals surface area contributed by atoms with Gasteiger partial charge in [-0.05, 0) is 30.4 Å². The van der Waals surface area contributed by atoms with E-state index in [1.165, 1.54) is 19.3 Å². The van der Waals surface area contributed by atoms with Crippen molar-refractivity contribution in [1.82, 2.24) is 0 Å². The Balaban J connectivity index is 2.54. The molecule has 0 aromatic rings. The molecule has 0 amide bonds. The molecule has 0 radical (unpaired) electrons. The van der Waals surface area contributed by atoms with Crippen LogP contribution in [0.1, 0.15) is 39.5 Å². The molecule has 12 heavy (non-hydrogen) atoms. The standard InChI is InChI=1S/C11H18O/c1-3-4-7-11(2)8-5-6-10(12)9-11/h5-6,9,12H,3-4,7-8H2,1-2H3. The fourth-order valence-corrected chi connectivity index (χ4v) is 1.67. The second-order valence-electron chi connectivity index (χ2n) is 3.93. The average Bonchev–Trinajstić information content (AvgIpc) is 2.01. The van der Waals surface area contributed by atoms with Crippen LogP contribution < -0.4 is 0 Å². The van der Waals surface area contributed by atoms with E-state index in [9.17, 15) is 5.11 Å². The highest BCUT2D eigenvalue weighted by atomic mass is 16.3. The van der Waals surface area contributed by atoms with Gasteiger partial charge in [-0.15, -0.1) is 0 Å². The van der Waals surface area contributed by atoms with Crippen molar-refractivity contribution in [3.63, 3.8) is 0 Å². The molecule has 0 spiro atoms. The lowest BCUT2D eigenvalue weighted by Gasteiger charge is -2.26. The van der Waals surface area contributed by atoms with Crippen molar-refractivity contribution >= 4 is 0 Å². The minimum Gasteiger partial charge on any atom is -0.508 e. The van der Waals surface area contributed by atoms with Gasteiger partial charge in [-0.2, -0.15) is 0 Å². The molecule has 1 N–H and O–H groups in total. The zero-order chi connectivity index (χ0) is 9.03. The van der Waals surface area contributed by atoms with E-state index >= 15 is 0 Å². The number of hydrogen-bond acceptors (Lipinski definition) is 1. The molecule has 0 aromatic heterocycles. The number of allylic oxidation sites excluding steroid dienone is 3. The van der Waals surface area contributed by atoms with Gasteiger partial charge in [0.25, 0.3) is 0 Å². The van der Waals surface area contributed by atoms with Crippen molar-refractivity contribution in [2.24, 2.45) is 5.41 Å². The molecule has 1 atom stereocenters. The monoisotopic (exact) mass is 166 g/mol. The Morgan fingerprint density at radius 1 is 1.58 bits per heavy atom. The quantitative estimate of drug-likeness (QED) is 0.679. The summed E-state index contributed by atoms with van der Waals surface area (Å²) in [6, 6.07) is 0. The predicted octanol–water partition coefficient (Wildman–Crippen LogP) is 3.58. The first kappa shape index (κ1) is 9.37. The third kappa shape index (κ3) is 2.40. The lowest BCUT2D eigenvalue weighted by atomic mass is 9.79. The van der Waals surface area contributed by atoms with E-state index in [1.54, 1.807) is 6.08 Å². The van der Waals surface area contributed by atoms with Crippen LogP contribution >= 0.6 is 0 Å². The van der Waals surface area contributed by atoms with Crippen LogP contribution in [0.4, 0.5) is 0 Å². The molecular weight excluding hydrogens is 148 g/mol. The first-order valence-corrected chi connectivity index (χ1v) is 4.75. The Hall–Kier alpha value is -0.720. The van der Waals surface area contributed by atoms with Crippen LogP contribution in [0, 0.1) is 5.41 Å². The van der Waals surface area contributed by atoms with Crippen LogP contribution in [0.3, 0.4) is 0 Å². The lowest BCUT2D eigenvalue weighted by molar-refractivity contribution is 0.342. The van der Waals surface area contributed by atoms with Crippen molar-refractivity contribution in [1.29, 1.82) is 0 Å². The normalized spacial score (nSPS) is 28.7. The molecule has 1 heteroatoms. The number of aliphatic hydroxyl groups excluding tert-OH is 1. The summed E-state index contributed by atoms with van der Waals surface area (Å²) in [7, 11) is 0. The summed E-state index contributed by atoms with van der Waals surface area (Å²) in [5.41, 5.74) is 0.203. The molecule has 0 fully saturated rings. The molecular formula is C11H18O. The SMILES string of the molecule is CCCCC1(C)C=C(O)C=CC1. The summed E-state index contributed by atoms with van der Waals surface area (Å²) in [6.45, 7) is 4.41. The Labute approximate surface area is 74.8 Å². The topological polar surface area (TPSA) is 20.2 Å². The Morgan fingerprint density at radius 2 is 2.33 bits per heavy atom. The first-order chi connectivity index (χ1) is 5.66. The third-order valence-corrected chi connectivity index (χ3v) is 2.47. The van der Waals surface area contributed by atoms with Gasteiger partial charge in [-0.25, -0.2) is 0 Å². The molecule has 0 bridgehead atoms. The fourth-order valence-electron chi connectivity index (χ4n) is 1.67. The minimum absolute atomic E-state index is 0.203. The van der Waals surface area contributed by atoms with E-state index in [4.69, 9.17) is 0 Å². The highest BCUT2D eigenvalue weighted by Gasteiger charge is 2.22. The van der Waals surface area contributed by atoms with E-state index in [0.29, 0.717) is 5.76 Å². The third-order valence-electron chi connectivity index (χ3n) is 2.47. The van der Waals surface area contributed by atoms with Gasteiger partial charge in [-0.3, -0.25) is 0 Å². The summed E-state index contributed by atoms with van der Waals surface area (Å²) >= 11 is 0. The van der Waals surface area contributed by atoms with Gasteiger partial charge in [0, 0.05) is 0 Å². The number of rotatable bonds is 3. The van der Waals surface area contributed by atoms with Crippen LogP contribution in [-0.4, -0.2) is 5.11 Å². The molecule has 1 nitrogen and oxygen atoms in total. The molecule has 0 heterocycles. The second kappa shape index (κ2) is 3.79. The van der Waals surface area contributed by atoms with Crippen LogP contribution in [0.2, 0.25) is 0 Å². The average molecular weight is 166 g/mol. The van der Waals surface area contributed by atoms with E-state index in [-0.39, 0.29) is 5.41 Å². The smallest absolute Gasteiger partial charge is 0.111 e. The van der Waals surface area contributed by atoms with E-state index < -0.39 is 0 Å². The molecule has 1 unspecified atom stereocenters. The molecule has 0 saturated carbocycles. The minimum atomic E-state index is 0.203. The van der Waals surface area contributed by atoms with Gasteiger partial charge < -0.3 is 5.11 Å². The van der Waals surface area contributed by atoms with Crippen molar-refractivity contribution in [3.8, 4) is 0 Å². The van der Waals surface area contributed by atoms with Crippen molar-refractivity contribution < 1.29 is 5.11 Å². The number of hydrogen-bond donors (Lipinski definition) is 1. The molecule has 1 aliphatic carbocycles. The van der Waals surface area contributed by atoms with Crippen LogP contribution in [-0.2, 0) is 0 Å². The largest absolute Gasteiger partial charge is 0.508 e. The summed E-state index contributed by atoms with van der Waals surface area (Å²) in [5.74, 6) is 0.430. The van der Waals surface area contributed by atoms with Crippen LogP contribution in [0.5, 0.6) is 0 Å². The Morgan fingerprint density at radius 3 is 2.92 bits per heavy atom. The summed E-state index contributed by atoms with van der Waals surface area (Å²) in [6.07, 6.45) is 10.6. The Bertz CT molecular complexity index is 203. The summed E-state index contributed by atoms with van der Waals surface area (Å²) in [4.78, 5) is 0. The maximum Gasteiger partial charge on any atom is 0.111 e. The van der Waals surface area contributed by atoms with Gasteiger partial charge in [0.15, 0.2) is 0 Å². The molecule has 0 aliphatic heterocycles. The highest BCUT2D eigenvalue weighted by Crippen LogP contribution is 2.34. The van der Waals surface area contributed by atoms with Gasteiger partial charge >= 0.3 is 0 Å². The summed E-state index contributed by atoms with van der Waals surface area (Å²) in [5, 5.41) is 9.32. The van der Waals surface area contributed by atoms with Crippen molar-refractivity contribution in [2.75, 3.05) is 0 Å². The van der Waals surface area contributed by atoms with Gasteiger partial charge in [0.2, 0.25) is 0 Å². The molecule has 68 valence electrons. The maximum atomic E-state index is 9.32. The van der Waals surface area contributed by atoms with Crippen molar-refractivity contribution in [3.05, 3.63) is 24.0 Å².